The summed E-state index contributed by atoms with van der Waals surface area (Å²) in [6.45, 7) is 3.75. The molecule has 120 valence electrons. The molecule has 0 atom stereocenters. The molecule has 1 N–H and O–H groups in total. The van der Waals surface area contributed by atoms with E-state index in [0.717, 1.165) is 28.2 Å². The number of hydrogen-bond acceptors (Lipinski definition) is 4. The van der Waals surface area contributed by atoms with Gasteiger partial charge in [0.2, 0.25) is 5.95 Å². The fourth-order valence-corrected chi connectivity index (χ4v) is 2.26. The standard InChI is InChI=1S/C19H17FN4/c1-13-12-18(16-6-4-3-5-7-16)22-19(21-13)24-23-14(2)15-8-10-17(20)11-9-15/h3-12H,1-2H3,(H,21,22,24)/b23-14+. The maximum Gasteiger partial charge on any atom is 0.244 e. The van der Waals surface area contributed by atoms with Gasteiger partial charge in [0.1, 0.15) is 5.82 Å². The van der Waals surface area contributed by atoms with Crippen LogP contribution in [0.2, 0.25) is 0 Å². The van der Waals surface area contributed by atoms with Gasteiger partial charge in [0.05, 0.1) is 11.4 Å². The summed E-state index contributed by atoms with van der Waals surface area (Å²) >= 11 is 0. The van der Waals surface area contributed by atoms with Crippen molar-refractivity contribution in [1.29, 1.82) is 0 Å². The molecule has 4 nitrogen and oxygen atoms in total. The Hall–Kier alpha value is -3.08. The average molecular weight is 320 g/mol. The van der Waals surface area contributed by atoms with Crippen LogP contribution in [0, 0.1) is 12.7 Å². The van der Waals surface area contributed by atoms with E-state index >= 15 is 0 Å². The lowest BCUT2D eigenvalue weighted by Gasteiger charge is -2.06. The first-order chi connectivity index (χ1) is 11.6. The Morgan fingerprint density at radius 2 is 1.71 bits per heavy atom. The zero-order valence-corrected chi connectivity index (χ0v) is 13.5. The van der Waals surface area contributed by atoms with E-state index in [1.165, 1.54) is 12.1 Å². The third-order valence-electron chi connectivity index (χ3n) is 3.51. The van der Waals surface area contributed by atoms with Gasteiger partial charge in [0, 0.05) is 11.3 Å². The lowest BCUT2D eigenvalue weighted by molar-refractivity contribution is 0.628. The highest BCUT2D eigenvalue weighted by atomic mass is 19.1. The van der Waals surface area contributed by atoms with E-state index in [1.807, 2.05) is 50.2 Å². The second kappa shape index (κ2) is 7.00. The predicted octanol–water partition coefficient (Wildman–Crippen LogP) is 4.43. The summed E-state index contributed by atoms with van der Waals surface area (Å²) in [5.74, 6) is 0.157. The molecule has 3 rings (SSSR count). The van der Waals surface area contributed by atoms with Gasteiger partial charge >= 0.3 is 0 Å². The number of nitrogens with one attached hydrogen (secondary N) is 1. The van der Waals surface area contributed by atoms with Gasteiger partial charge in [-0.3, -0.25) is 0 Å². The minimum absolute atomic E-state index is 0.269. The Morgan fingerprint density at radius 1 is 1.00 bits per heavy atom. The molecule has 0 bridgehead atoms. The van der Waals surface area contributed by atoms with Gasteiger partial charge in [-0.05, 0) is 37.6 Å². The van der Waals surface area contributed by atoms with Crippen LogP contribution >= 0.6 is 0 Å². The minimum Gasteiger partial charge on any atom is -0.245 e. The average Bonchev–Trinajstić information content (AvgIpc) is 2.60. The van der Waals surface area contributed by atoms with Gasteiger partial charge < -0.3 is 0 Å². The molecule has 0 aliphatic heterocycles. The molecule has 3 aromatic rings. The number of aromatic nitrogens is 2. The van der Waals surface area contributed by atoms with Gasteiger partial charge in [-0.15, -0.1) is 0 Å². The fourth-order valence-electron chi connectivity index (χ4n) is 2.26. The molecular formula is C19H17FN4. The first-order valence-corrected chi connectivity index (χ1v) is 7.59. The Kier molecular flexibility index (Phi) is 4.61. The van der Waals surface area contributed by atoms with Gasteiger partial charge in [0.15, 0.2) is 0 Å². The molecule has 0 fully saturated rings. The first-order valence-electron chi connectivity index (χ1n) is 7.59. The number of nitrogens with zero attached hydrogens (tertiary/aromatic N) is 3. The maximum absolute atomic E-state index is 13.0. The minimum atomic E-state index is -0.269. The highest BCUT2D eigenvalue weighted by Crippen LogP contribution is 2.18. The lowest BCUT2D eigenvalue weighted by atomic mass is 10.1. The van der Waals surface area contributed by atoms with Crippen LogP contribution in [-0.4, -0.2) is 15.7 Å². The first kappa shape index (κ1) is 15.8. The lowest BCUT2D eigenvalue weighted by Crippen LogP contribution is -2.04. The van der Waals surface area contributed by atoms with Crippen molar-refractivity contribution in [3.63, 3.8) is 0 Å². The van der Waals surface area contributed by atoms with Gasteiger partial charge in [-0.2, -0.15) is 5.10 Å². The van der Waals surface area contributed by atoms with E-state index in [2.05, 4.69) is 20.5 Å². The van der Waals surface area contributed by atoms with Crippen LogP contribution in [0.15, 0.2) is 65.8 Å². The number of hydrogen-bond donors (Lipinski definition) is 1. The second-order valence-corrected chi connectivity index (χ2v) is 5.40. The molecule has 1 heterocycles. The van der Waals surface area contributed by atoms with Crippen molar-refractivity contribution in [2.24, 2.45) is 5.10 Å². The molecule has 24 heavy (non-hydrogen) atoms. The molecule has 0 radical (unpaired) electrons. The van der Waals surface area contributed by atoms with E-state index in [9.17, 15) is 4.39 Å². The zero-order valence-electron chi connectivity index (χ0n) is 13.5. The number of benzene rings is 2. The third kappa shape index (κ3) is 3.81. The van der Waals surface area contributed by atoms with Gasteiger partial charge in [-0.1, -0.05) is 42.5 Å². The third-order valence-corrected chi connectivity index (χ3v) is 3.51. The monoisotopic (exact) mass is 320 g/mol. The number of anilines is 1. The van der Waals surface area contributed by atoms with Crippen molar-refractivity contribution >= 4 is 11.7 Å². The summed E-state index contributed by atoms with van der Waals surface area (Å²) in [5, 5.41) is 4.29. The zero-order chi connectivity index (χ0) is 16.9. The molecule has 0 saturated carbocycles. The highest BCUT2D eigenvalue weighted by Gasteiger charge is 2.04. The molecule has 0 amide bonds. The summed E-state index contributed by atoms with van der Waals surface area (Å²) in [4.78, 5) is 8.84. The largest absolute Gasteiger partial charge is 0.245 e. The molecule has 5 heteroatoms. The Morgan fingerprint density at radius 3 is 2.42 bits per heavy atom. The van der Waals surface area contributed by atoms with Crippen LogP contribution in [0.5, 0.6) is 0 Å². The van der Waals surface area contributed by atoms with Crippen LogP contribution in [0.1, 0.15) is 18.2 Å². The normalized spacial score (nSPS) is 11.4. The van der Waals surface area contributed by atoms with Gasteiger partial charge in [-0.25, -0.2) is 19.8 Å². The number of halogens is 1. The SMILES string of the molecule is C/C(=N\Nc1nc(C)cc(-c2ccccc2)n1)c1ccc(F)cc1. The van der Waals surface area contributed by atoms with Crippen molar-refractivity contribution < 1.29 is 4.39 Å². The van der Waals surface area contributed by atoms with E-state index in [4.69, 9.17) is 0 Å². The summed E-state index contributed by atoms with van der Waals surface area (Å²) in [6.07, 6.45) is 0. The summed E-state index contributed by atoms with van der Waals surface area (Å²) in [5.41, 5.74) is 7.14. The van der Waals surface area contributed by atoms with Crippen LogP contribution in [0.25, 0.3) is 11.3 Å². The molecule has 0 aliphatic carbocycles. The fraction of sp³-hybridized carbons (Fsp3) is 0.105. The summed E-state index contributed by atoms with van der Waals surface area (Å²) in [6, 6.07) is 18.0. The van der Waals surface area contributed by atoms with Crippen LogP contribution in [0.3, 0.4) is 0 Å². The maximum atomic E-state index is 13.0. The molecule has 0 spiro atoms. The van der Waals surface area contributed by atoms with Crippen LogP contribution < -0.4 is 5.43 Å². The number of rotatable bonds is 4. The number of aryl methyl sites for hydroxylation is 1. The van der Waals surface area contributed by atoms with E-state index in [1.54, 1.807) is 12.1 Å². The molecule has 2 aromatic carbocycles. The second-order valence-electron chi connectivity index (χ2n) is 5.40. The van der Waals surface area contributed by atoms with Crippen molar-refractivity contribution in [1.82, 2.24) is 9.97 Å². The smallest absolute Gasteiger partial charge is 0.244 e. The molecule has 0 aliphatic rings. The highest BCUT2D eigenvalue weighted by molar-refractivity contribution is 5.98. The quantitative estimate of drug-likeness (QED) is 0.571. The van der Waals surface area contributed by atoms with E-state index in [-0.39, 0.29) is 5.82 Å². The van der Waals surface area contributed by atoms with Crippen molar-refractivity contribution in [3.05, 3.63) is 77.7 Å². The van der Waals surface area contributed by atoms with E-state index in [0.29, 0.717) is 5.95 Å². The van der Waals surface area contributed by atoms with Crippen molar-refractivity contribution in [3.8, 4) is 11.3 Å². The van der Waals surface area contributed by atoms with Crippen LogP contribution in [0.4, 0.5) is 10.3 Å². The van der Waals surface area contributed by atoms with Gasteiger partial charge in [0.25, 0.3) is 0 Å². The van der Waals surface area contributed by atoms with E-state index < -0.39 is 0 Å². The Bertz CT molecular complexity index is 858. The summed E-state index contributed by atoms with van der Waals surface area (Å²) < 4.78 is 13.0. The van der Waals surface area contributed by atoms with Crippen LogP contribution in [-0.2, 0) is 0 Å². The summed E-state index contributed by atoms with van der Waals surface area (Å²) in [7, 11) is 0. The predicted molar refractivity (Wildman–Crippen MR) is 94.4 cm³/mol. The van der Waals surface area contributed by atoms with Crippen molar-refractivity contribution in [2.45, 2.75) is 13.8 Å². The number of hydrazone groups is 1. The molecule has 0 saturated heterocycles. The molecule has 0 unspecified atom stereocenters. The molecular weight excluding hydrogens is 303 g/mol. The molecule has 1 aromatic heterocycles. The van der Waals surface area contributed by atoms with Crippen molar-refractivity contribution in [2.75, 3.05) is 5.43 Å². The Balaban J connectivity index is 1.84. The topological polar surface area (TPSA) is 50.2 Å². The Labute approximate surface area is 140 Å².